The van der Waals surface area contributed by atoms with Crippen LogP contribution in [0.15, 0.2) is 0 Å². The highest BCUT2D eigenvalue weighted by atomic mass is 15.2. The highest BCUT2D eigenvalue weighted by Crippen LogP contribution is 2.08. The van der Waals surface area contributed by atoms with E-state index in [4.69, 9.17) is 5.73 Å². The molecule has 2 heteroatoms. The van der Waals surface area contributed by atoms with Gasteiger partial charge in [-0.25, -0.2) is 0 Å². The van der Waals surface area contributed by atoms with Crippen LogP contribution in [0.1, 0.15) is 55.4 Å². The van der Waals surface area contributed by atoms with Crippen molar-refractivity contribution >= 4 is 0 Å². The fourth-order valence-corrected chi connectivity index (χ4v) is 1.79. The molecule has 0 aliphatic rings. The predicted octanol–water partition coefficient (Wildman–Crippen LogP) is 2.87. The van der Waals surface area contributed by atoms with E-state index in [0.717, 1.165) is 0 Å². The van der Waals surface area contributed by atoms with Gasteiger partial charge < -0.3 is 5.73 Å². The molecule has 0 aromatic heterocycles. The molecule has 88 valence electrons. The van der Waals surface area contributed by atoms with Crippen LogP contribution in [0.5, 0.6) is 0 Å². The Morgan fingerprint density at radius 1 is 0.643 bits per heavy atom. The van der Waals surface area contributed by atoms with Crippen molar-refractivity contribution in [1.82, 2.24) is 4.90 Å². The topological polar surface area (TPSA) is 29.3 Å². The molecule has 2 N–H and O–H groups in total. The third-order valence-electron chi connectivity index (χ3n) is 1.79. The summed E-state index contributed by atoms with van der Waals surface area (Å²) in [5, 5.41) is 0. The second-order valence-corrected chi connectivity index (χ2v) is 4.97. The van der Waals surface area contributed by atoms with Crippen molar-refractivity contribution in [1.29, 1.82) is 0 Å². The highest BCUT2D eigenvalue weighted by molar-refractivity contribution is 4.70. The van der Waals surface area contributed by atoms with Gasteiger partial charge in [0.2, 0.25) is 0 Å². The molecule has 0 saturated carbocycles. The molecular weight excluding hydrogens is 172 g/mol. The Labute approximate surface area is 90.9 Å². The van der Waals surface area contributed by atoms with Crippen molar-refractivity contribution in [2.75, 3.05) is 0 Å². The van der Waals surface area contributed by atoms with Crippen LogP contribution in [-0.2, 0) is 0 Å². The number of nitrogens with zero attached hydrogens (tertiary/aromatic N) is 1. The number of hydrogen-bond acceptors (Lipinski definition) is 2. The van der Waals surface area contributed by atoms with Gasteiger partial charge in [-0.15, -0.1) is 0 Å². The van der Waals surface area contributed by atoms with E-state index in [1.807, 2.05) is 13.8 Å². The predicted molar refractivity (Wildman–Crippen MR) is 66.6 cm³/mol. The van der Waals surface area contributed by atoms with Crippen LogP contribution >= 0.6 is 0 Å². The fraction of sp³-hybridized carbons (Fsp3) is 1.00. The molecule has 14 heavy (non-hydrogen) atoms. The molecule has 0 saturated heterocycles. The quantitative estimate of drug-likeness (QED) is 0.762. The van der Waals surface area contributed by atoms with Crippen molar-refractivity contribution < 1.29 is 0 Å². The summed E-state index contributed by atoms with van der Waals surface area (Å²) < 4.78 is 0. The van der Waals surface area contributed by atoms with E-state index >= 15 is 0 Å². The largest absolute Gasteiger partial charge is 0.328 e. The Bertz CT molecular complexity index is 95.7. The SMILES string of the molecule is CC(C)N.CC(C)N(C(C)C)C(C)C. The van der Waals surface area contributed by atoms with Crippen LogP contribution in [0.3, 0.4) is 0 Å². The molecule has 2 nitrogen and oxygen atoms in total. The number of hydrogen-bond donors (Lipinski definition) is 1. The maximum Gasteiger partial charge on any atom is 0.00439 e. The fourth-order valence-electron chi connectivity index (χ4n) is 1.79. The zero-order valence-electron chi connectivity index (χ0n) is 11.3. The summed E-state index contributed by atoms with van der Waals surface area (Å²) in [6, 6.07) is 2.33. The lowest BCUT2D eigenvalue weighted by atomic mass is 10.2. The maximum atomic E-state index is 5.11. The zero-order chi connectivity index (χ0) is 11.9. The summed E-state index contributed by atoms with van der Waals surface area (Å²) in [6.45, 7) is 17.4. The Kier molecular flexibility index (Phi) is 9.63. The highest BCUT2D eigenvalue weighted by Gasteiger charge is 2.15. The van der Waals surface area contributed by atoms with Gasteiger partial charge in [0.1, 0.15) is 0 Å². The van der Waals surface area contributed by atoms with E-state index in [1.165, 1.54) is 0 Å². The molecule has 0 aromatic rings. The van der Waals surface area contributed by atoms with Gasteiger partial charge in [0.05, 0.1) is 0 Å². The third-order valence-corrected chi connectivity index (χ3v) is 1.79. The van der Waals surface area contributed by atoms with Crippen LogP contribution in [0, 0.1) is 0 Å². The molecule has 0 aromatic carbocycles. The molecule has 0 rings (SSSR count). The van der Waals surface area contributed by atoms with Gasteiger partial charge in [-0.2, -0.15) is 0 Å². The average molecular weight is 202 g/mol. The second-order valence-electron chi connectivity index (χ2n) is 4.97. The zero-order valence-corrected chi connectivity index (χ0v) is 11.3. The molecule has 0 amide bonds. The van der Waals surface area contributed by atoms with E-state index in [1.54, 1.807) is 0 Å². The Morgan fingerprint density at radius 3 is 0.786 bits per heavy atom. The molecule has 0 heterocycles. The average Bonchev–Trinajstić information content (AvgIpc) is 1.80. The molecule has 0 atom stereocenters. The molecule has 0 bridgehead atoms. The first-order chi connectivity index (χ1) is 6.20. The van der Waals surface area contributed by atoms with Crippen LogP contribution in [0.2, 0.25) is 0 Å². The van der Waals surface area contributed by atoms with Crippen LogP contribution in [0.25, 0.3) is 0 Å². The van der Waals surface area contributed by atoms with Gasteiger partial charge in [0, 0.05) is 18.1 Å². The number of rotatable bonds is 3. The summed E-state index contributed by atoms with van der Waals surface area (Å²) in [4.78, 5) is 2.50. The maximum absolute atomic E-state index is 5.11. The first kappa shape index (κ1) is 16.4. The van der Waals surface area contributed by atoms with Gasteiger partial charge in [0.15, 0.2) is 0 Å². The van der Waals surface area contributed by atoms with E-state index in [0.29, 0.717) is 24.2 Å². The Balaban J connectivity index is 0. The third kappa shape index (κ3) is 10.0. The smallest absolute Gasteiger partial charge is 0.00439 e. The van der Waals surface area contributed by atoms with Crippen molar-refractivity contribution in [3.8, 4) is 0 Å². The van der Waals surface area contributed by atoms with E-state index in [-0.39, 0.29) is 0 Å². The van der Waals surface area contributed by atoms with Crippen molar-refractivity contribution in [3.05, 3.63) is 0 Å². The molecule has 0 radical (unpaired) electrons. The van der Waals surface area contributed by atoms with E-state index in [9.17, 15) is 0 Å². The minimum Gasteiger partial charge on any atom is -0.328 e. The molecule has 0 unspecified atom stereocenters. The van der Waals surface area contributed by atoms with Crippen molar-refractivity contribution in [2.24, 2.45) is 5.73 Å². The Hall–Kier alpha value is -0.0800. The summed E-state index contributed by atoms with van der Waals surface area (Å²) in [7, 11) is 0. The lowest BCUT2D eigenvalue weighted by Crippen LogP contribution is -2.42. The second kappa shape index (κ2) is 8.25. The minimum atomic E-state index is 0.333. The summed E-state index contributed by atoms with van der Waals surface area (Å²) >= 11 is 0. The lowest BCUT2D eigenvalue weighted by Gasteiger charge is -2.34. The summed E-state index contributed by atoms with van der Waals surface area (Å²) in [5.74, 6) is 0. The van der Waals surface area contributed by atoms with Gasteiger partial charge in [-0.05, 0) is 47.6 Å². The number of nitrogens with two attached hydrogens (primary N) is 1. The molecular formula is C12H30N2. The normalized spacial score (nSPS) is 11.6. The van der Waals surface area contributed by atoms with E-state index < -0.39 is 0 Å². The Morgan fingerprint density at radius 2 is 0.786 bits per heavy atom. The lowest BCUT2D eigenvalue weighted by molar-refractivity contribution is 0.133. The van der Waals surface area contributed by atoms with Crippen LogP contribution in [0.4, 0.5) is 0 Å². The van der Waals surface area contributed by atoms with Gasteiger partial charge >= 0.3 is 0 Å². The van der Waals surface area contributed by atoms with Gasteiger partial charge in [-0.1, -0.05) is 13.8 Å². The van der Waals surface area contributed by atoms with Crippen molar-refractivity contribution in [2.45, 2.75) is 79.6 Å². The first-order valence-corrected chi connectivity index (χ1v) is 5.73. The van der Waals surface area contributed by atoms with Gasteiger partial charge in [-0.3, -0.25) is 4.90 Å². The first-order valence-electron chi connectivity index (χ1n) is 5.73. The standard InChI is InChI=1S/C9H21N.C3H9N/c1-7(2)10(8(3)4)9(5)6;1-3(2)4/h7-9H,1-6H3;3H,4H2,1-2H3. The van der Waals surface area contributed by atoms with Crippen molar-refractivity contribution in [3.63, 3.8) is 0 Å². The summed E-state index contributed by atoms with van der Waals surface area (Å²) in [5.41, 5.74) is 5.11. The van der Waals surface area contributed by atoms with Gasteiger partial charge in [0.25, 0.3) is 0 Å². The molecule has 0 spiro atoms. The van der Waals surface area contributed by atoms with E-state index in [2.05, 4.69) is 46.4 Å². The minimum absolute atomic E-state index is 0.333. The van der Waals surface area contributed by atoms with Crippen LogP contribution in [-0.4, -0.2) is 29.1 Å². The summed E-state index contributed by atoms with van der Waals surface area (Å²) in [6.07, 6.45) is 0. The molecule has 0 fully saturated rings. The monoisotopic (exact) mass is 202 g/mol. The molecule has 0 aliphatic carbocycles. The van der Waals surface area contributed by atoms with Crippen LogP contribution < -0.4 is 5.73 Å². The molecule has 0 aliphatic heterocycles.